The van der Waals surface area contributed by atoms with Crippen molar-refractivity contribution in [2.24, 2.45) is 0 Å². The lowest BCUT2D eigenvalue weighted by atomic mass is 9.86. The molecule has 0 aliphatic carbocycles. The average molecular weight is 229 g/mol. The van der Waals surface area contributed by atoms with E-state index in [1.807, 2.05) is 6.07 Å². The minimum atomic E-state index is -0.0979. The monoisotopic (exact) mass is 229 g/mol. The highest BCUT2D eigenvalue weighted by Gasteiger charge is 2.27. The third-order valence-electron chi connectivity index (χ3n) is 3.49. The maximum atomic E-state index is 11.3. The summed E-state index contributed by atoms with van der Waals surface area (Å²) in [6.07, 6.45) is 1.42. The highest BCUT2D eigenvalue weighted by Crippen LogP contribution is 2.31. The number of hydrogen-bond donors (Lipinski definition) is 1. The van der Waals surface area contributed by atoms with Gasteiger partial charge in [-0.3, -0.25) is 4.79 Å². The fraction of sp³-hybridized carbons (Fsp3) is 0.357. The van der Waals surface area contributed by atoms with Crippen molar-refractivity contribution in [3.63, 3.8) is 0 Å². The van der Waals surface area contributed by atoms with Gasteiger partial charge in [0.25, 0.3) is 0 Å². The van der Waals surface area contributed by atoms with Crippen molar-refractivity contribution in [1.29, 1.82) is 0 Å². The van der Waals surface area contributed by atoms with Crippen molar-refractivity contribution in [1.82, 2.24) is 5.32 Å². The second-order valence-electron chi connectivity index (χ2n) is 4.61. The van der Waals surface area contributed by atoms with Gasteiger partial charge in [-0.1, -0.05) is 30.3 Å². The lowest BCUT2D eigenvalue weighted by Crippen LogP contribution is -2.34. The number of carbonyl (C=O) groups excluding carboxylic acids is 1. The average Bonchev–Trinajstić information content (AvgIpc) is 2.39. The Labute approximate surface area is 100 Å². The summed E-state index contributed by atoms with van der Waals surface area (Å²) in [5.41, 5.74) is 3.68. The first-order valence-electron chi connectivity index (χ1n) is 5.98. The third kappa shape index (κ3) is 2.05. The topological polar surface area (TPSA) is 38.3 Å². The number of carbonyl (C=O) groups is 1. The largest absolute Gasteiger partial charge is 0.459 e. The zero-order valence-electron chi connectivity index (χ0n) is 9.61. The second kappa shape index (κ2) is 4.24. The fourth-order valence-electron chi connectivity index (χ4n) is 2.53. The quantitative estimate of drug-likeness (QED) is 0.748. The highest BCUT2D eigenvalue weighted by atomic mass is 16.5. The van der Waals surface area contributed by atoms with Crippen LogP contribution >= 0.6 is 0 Å². The Balaban J connectivity index is 1.81. The normalized spacial score (nSPS) is 23.8. The van der Waals surface area contributed by atoms with Crippen LogP contribution in [0.2, 0.25) is 0 Å². The SMILES string of the molecule is O=C1CC2=C(CO1)NCC(c1ccccc1)C2. The summed E-state index contributed by atoms with van der Waals surface area (Å²) in [4.78, 5) is 11.3. The van der Waals surface area contributed by atoms with E-state index in [0.29, 0.717) is 18.9 Å². The predicted octanol–water partition coefficient (Wildman–Crippen LogP) is 1.96. The van der Waals surface area contributed by atoms with Crippen LogP contribution in [-0.4, -0.2) is 19.1 Å². The predicted molar refractivity (Wildman–Crippen MR) is 64.4 cm³/mol. The molecular weight excluding hydrogens is 214 g/mol. The zero-order chi connectivity index (χ0) is 11.7. The molecule has 1 unspecified atom stereocenters. The first-order chi connectivity index (χ1) is 8.33. The molecular formula is C14H15NO2. The van der Waals surface area contributed by atoms with Crippen LogP contribution in [0.15, 0.2) is 41.6 Å². The number of ether oxygens (including phenoxy) is 1. The number of benzene rings is 1. The molecule has 88 valence electrons. The van der Waals surface area contributed by atoms with E-state index < -0.39 is 0 Å². The van der Waals surface area contributed by atoms with Crippen LogP contribution in [0, 0.1) is 0 Å². The molecule has 2 aliphatic rings. The van der Waals surface area contributed by atoms with Gasteiger partial charge >= 0.3 is 5.97 Å². The molecule has 0 saturated carbocycles. The van der Waals surface area contributed by atoms with E-state index in [9.17, 15) is 4.79 Å². The smallest absolute Gasteiger partial charge is 0.310 e. The summed E-state index contributed by atoms with van der Waals surface area (Å²) in [6.45, 7) is 1.36. The van der Waals surface area contributed by atoms with Gasteiger partial charge in [-0.2, -0.15) is 0 Å². The number of nitrogens with one attached hydrogen (secondary N) is 1. The van der Waals surface area contributed by atoms with Gasteiger partial charge in [-0.05, 0) is 17.6 Å². The van der Waals surface area contributed by atoms with Gasteiger partial charge in [0.2, 0.25) is 0 Å². The van der Waals surface area contributed by atoms with Crippen LogP contribution in [0.3, 0.4) is 0 Å². The van der Waals surface area contributed by atoms with Gasteiger partial charge in [-0.25, -0.2) is 0 Å². The summed E-state index contributed by atoms with van der Waals surface area (Å²) >= 11 is 0. The first-order valence-corrected chi connectivity index (χ1v) is 5.98. The third-order valence-corrected chi connectivity index (χ3v) is 3.49. The van der Waals surface area contributed by atoms with Crippen LogP contribution in [-0.2, 0) is 9.53 Å². The first kappa shape index (κ1) is 10.4. The maximum absolute atomic E-state index is 11.3. The zero-order valence-corrected chi connectivity index (χ0v) is 9.61. The molecule has 1 atom stereocenters. The molecule has 0 amide bonds. The summed E-state index contributed by atoms with van der Waals surface area (Å²) in [5, 5.41) is 3.39. The Morgan fingerprint density at radius 3 is 2.88 bits per heavy atom. The summed E-state index contributed by atoms with van der Waals surface area (Å²) < 4.78 is 5.03. The standard InChI is InChI=1S/C14H15NO2/c16-14-7-11-6-12(8-15-13(11)9-17-14)10-4-2-1-3-5-10/h1-5,12,15H,6-9H2. The van der Waals surface area contributed by atoms with Gasteiger partial charge in [0.1, 0.15) is 6.61 Å². The van der Waals surface area contributed by atoms with Gasteiger partial charge in [0, 0.05) is 18.2 Å². The van der Waals surface area contributed by atoms with E-state index in [0.717, 1.165) is 18.7 Å². The molecule has 1 N–H and O–H groups in total. The van der Waals surface area contributed by atoms with E-state index in [2.05, 4.69) is 29.6 Å². The van der Waals surface area contributed by atoms with Gasteiger partial charge in [0.05, 0.1) is 6.42 Å². The summed E-state index contributed by atoms with van der Waals surface area (Å²) in [7, 11) is 0. The van der Waals surface area contributed by atoms with Crippen LogP contribution in [0.25, 0.3) is 0 Å². The van der Waals surface area contributed by atoms with E-state index in [1.54, 1.807) is 0 Å². The Kier molecular flexibility index (Phi) is 2.59. The Morgan fingerprint density at radius 1 is 1.24 bits per heavy atom. The van der Waals surface area contributed by atoms with Crippen molar-refractivity contribution in [2.45, 2.75) is 18.8 Å². The van der Waals surface area contributed by atoms with Crippen molar-refractivity contribution in [3.05, 3.63) is 47.2 Å². The fourth-order valence-corrected chi connectivity index (χ4v) is 2.53. The van der Waals surface area contributed by atoms with Crippen LogP contribution in [0.4, 0.5) is 0 Å². The number of hydrogen-bond acceptors (Lipinski definition) is 3. The summed E-state index contributed by atoms with van der Waals surface area (Å²) in [6, 6.07) is 10.5. The molecule has 0 spiro atoms. The van der Waals surface area contributed by atoms with Gasteiger partial charge in [-0.15, -0.1) is 0 Å². The molecule has 0 radical (unpaired) electrons. The molecule has 2 aliphatic heterocycles. The minimum Gasteiger partial charge on any atom is -0.459 e. The lowest BCUT2D eigenvalue weighted by molar-refractivity contribution is -0.143. The molecule has 3 nitrogen and oxygen atoms in total. The van der Waals surface area contributed by atoms with Gasteiger partial charge in [0.15, 0.2) is 0 Å². The van der Waals surface area contributed by atoms with Crippen molar-refractivity contribution < 1.29 is 9.53 Å². The molecule has 0 saturated heterocycles. The molecule has 3 rings (SSSR count). The number of esters is 1. The minimum absolute atomic E-state index is 0.0979. The van der Waals surface area contributed by atoms with Crippen molar-refractivity contribution in [3.8, 4) is 0 Å². The molecule has 3 heteroatoms. The van der Waals surface area contributed by atoms with Crippen molar-refractivity contribution >= 4 is 5.97 Å². The Hall–Kier alpha value is -1.77. The Morgan fingerprint density at radius 2 is 2.06 bits per heavy atom. The van der Waals surface area contributed by atoms with E-state index in [-0.39, 0.29) is 5.97 Å². The highest BCUT2D eigenvalue weighted by molar-refractivity contribution is 5.74. The van der Waals surface area contributed by atoms with E-state index in [4.69, 9.17) is 4.74 Å². The molecule has 17 heavy (non-hydrogen) atoms. The second-order valence-corrected chi connectivity index (χ2v) is 4.61. The molecule has 0 bridgehead atoms. The molecule has 0 fully saturated rings. The van der Waals surface area contributed by atoms with E-state index >= 15 is 0 Å². The summed E-state index contributed by atoms with van der Waals surface area (Å²) in [5.74, 6) is 0.375. The molecule has 2 heterocycles. The molecule has 1 aromatic rings. The Bertz CT molecular complexity index is 464. The van der Waals surface area contributed by atoms with Gasteiger partial charge < -0.3 is 10.1 Å². The van der Waals surface area contributed by atoms with Crippen LogP contribution < -0.4 is 5.32 Å². The maximum Gasteiger partial charge on any atom is 0.310 e. The lowest BCUT2D eigenvalue weighted by Gasteiger charge is -2.31. The molecule has 0 aromatic heterocycles. The molecule has 1 aromatic carbocycles. The van der Waals surface area contributed by atoms with Crippen LogP contribution in [0.1, 0.15) is 24.3 Å². The number of rotatable bonds is 1. The van der Waals surface area contributed by atoms with E-state index in [1.165, 1.54) is 11.1 Å². The van der Waals surface area contributed by atoms with Crippen molar-refractivity contribution in [2.75, 3.05) is 13.2 Å². The number of cyclic esters (lactones) is 1. The van der Waals surface area contributed by atoms with Crippen LogP contribution in [0.5, 0.6) is 0 Å².